The summed E-state index contributed by atoms with van der Waals surface area (Å²) >= 11 is 0. The molecule has 134 valence electrons. The number of carbonyl (C=O) groups excluding carboxylic acids is 1. The zero-order valence-electron chi connectivity index (χ0n) is 14.6. The molecule has 3 aromatic rings. The van der Waals surface area contributed by atoms with E-state index in [-0.39, 0.29) is 6.03 Å². The average molecular weight is 352 g/mol. The van der Waals surface area contributed by atoms with E-state index in [4.69, 9.17) is 4.74 Å². The summed E-state index contributed by atoms with van der Waals surface area (Å²) in [6, 6.07) is 14.8. The van der Waals surface area contributed by atoms with E-state index in [2.05, 4.69) is 26.2 Å². The first-order chi connectivity index (χ1) is 12.7. The van der Waals surface area contributed by atoms with Crippen LogP contribution in [0.5, 0.6) is 5.75 Å². The number of nitrogens with one attached hydrogen (secondary N) is 2. The molecule has 2 N–H and O–H groups in total. The Kier molecular flexibility index (Phi) is 5.43. The molecule has 0 radical (unpaired) electrons. The SMILES string of the molecule is COc1ccc(CCNC(=O)Nc2cccc(-n3nnnc3C)c2)cc1. The van der Waals surface area contributed by atoms with Crippen LogP contribution >= 0.6 is 0 Å². The molecule has 0 fully saturated rings. The first-order valence-corrected chi connectivity index (χ1v) is 8.19. The third kappa shape index (κ3) is 4.35. The predicted molar refractivity (Wildman–Crippen MR) is 97.6 cm³/mol. The van der Waals surface area contributed by atoms with Gasteiger partial charge in [0.1, 0.15) is 5.75 Å². The summed E-state index contributed by atoms with van der Waals surface area (Å²) in [6.45, 7) is 2.34. The fraction of sp³-hybridized carbons (Fsp3) is 0.222. The van der Waals surface area contributed by atoms with Crippen LogP contribution in [-0.2, 0) is 6.42 Å². The van der Waals surface area contributed by atoms with Crippen molar-refractivity contribution in [2.75, 3.05) is 19.0 Å². The maximum Gasteiger partial charge on any atom is 0.319 e. The first-order valence-electron chi connectivity index (χ1n) is 8.19. The van der Waals surface area contributed by atoms with Crippen molar-refractivity contribution < 1.29 is 9.53 Å². The number of rotatable bonds is 6. The lowest BCUT2D eigenvalue weighted by atomic mass is 10.1. The lowest BCUT2D eigenvalue weighted by molar-refractivity contribution is 0.252. The van der Waals surface area contributed by atoms with Crippen molar-refractivity contribution >= 4 is 11.7 Å². The van der Waals surface area contributed by atoms with E-state index in [0.717, 1.165) is 23.4 Å². The Morgan fingerprint density at radius 1 is 1.19 bits per heavy atom. The lowest BCUT2D eigenvalue weighted by Crippen LogP contribution is -2.30. The Balaban J connectivity index is 1.52. The second-order valence-corrected chi connectivity index (χ2v) is 5.67. The normalized spacial score (nSPS) is 10.4. The minimum atomic E-state index is -0.260. The first kappa shape index (κ1) is 17.4. The van der Waals surface area contributed by atoms with Crippen molar-refractivity contribution in [1.29, 1.82) is 0 Å². The van der Waals surface area contributed by atoms with Crippen LogP contribution in [0.2, 0.25) is 0 Å². The van der Waals surface area contributed by atoms with Gasteiger partial charge < -0.3 is 15.4 Å². The molecule has 26 heavy (non-hydrogen) atoms. The van der Waals surface area contributed by atoms with Gasteiger partial charge in [-0.05, 0) is 59.7 Å². The topological polar surface area (TPSA) is 94.0 Å². The molecule has 1 aromatic heterocycles. The second kappa shape index (κ2) is 8.11. The van der Waals surface area contributed by atoms with Gasteiger partial charge in [-0.3, -0.25) is 0 Å². The third-order valence-electron chi connectivity index (χ3n) is 3.83. The van der Waals surface area contributed by atoms with Crippen LogP contribution in [0.1, 0.15) is 11.4 Å². The Bertz CT molecular complexity index is 875. The van der Waals surface area contributed by atoms with E-state index in [1.54, 1.807) is 11.8 Å². The van der Waals surface area contributed by atoms with E-state index in [1.165, 1.54) is 0 Å². The van der Waals surface area contributed by atoms with Crippen LogP contribution in [-0.4, -0.2) is 39.9 Å². The Morgan fingerprint density at radius 2 is 2.00 bits per heavy atom. The lowest BCUT2D eigenvalue weighted by Gasteiger charge is -2.09. The van der Waals surface area contributed by atoms with E-state index < -0.39 is 0 Å². The number of amides is 2. The average Bonchev–Trinajstić information content (AvgIpc) is 3.08. The highest BCUT2D eigenvalue weighted by molar-refractivity contribution is 5.89. The smallest absolute Gasteiger partial charge is 0.319 e. The van der Waals surface area contributed by atoms with Crippen molar-refractivity contribution in [3.05, 3.63) is 59.9 Å². The summed E-state index contributed by atoms with van der Waals surface area (Å²) < 4.78 is 6.73. The van der Waals surface area contributed by atoms with Gasteiger partial charge in [-0.2, -0.15) is 4.68 Å². The van der Waals surface area contributed by atoms with Crippen LogP contribution in [0, 0.1) is 6.92 Å². The van der Waals surface area contributed by atoms with E-state index in [1.807, 2.05) is 55.5 Å². The van der Waals surface area contributed by atoms with E-state index >= 15 is 0 Å². The van der Waals surface area contributed by atoms with E-state index in [0.29, 0.717) is 18.1 Å². The molecule has 0 spiro atoms. The number of nitrogens with zero attached hydrogens (tertiary/aromatic N) is 4. The fourth-order valence-corrected chi connectivity index (χ4v) is 2.47. The maximum absolute atomic E-state index is 12.1. The summed E-state index contributed by atoms with van der Waals surface area (Å²) in [6.07, 6.45) is 0.737. The van der Waals surface area contributed by atoms with Crippen LogP contribution in [0.3, 0.4) is 0 Å². The van der Waals surface area contributed by atoms with Crippen molar-refractivity contribution in [3.8, 4) is 11.4 Å². The monoisotopic (exact) mass is 352 g/mol. The molecule has 0 saturated heterocycles. The summed E-state index contributed by atoms with van der Waals surface area (Å²) in [5, 5.41) is 17.1. The highest BCUT2D eigenvalue weighted by Gasteiger charge is 2.06. The van der Waals surface area contributed by atoms with Crippen LogP contribution in [0.25, 0.3) is 5.69 Å². The molecular formula is C18H20N6O2. The standard InChI is InChI=1S/C18H20N6O2/c1-13-21-22-23-24(13)16-5-3-4-15(12-16)20-18(25)19-11-10-14-6-8-17(26-2)9-7-14/h3-9,12H,10-11H2,1-2H3,(H2,19,20,25). The number of methoxy groups -OCH3 is 1. The van der Waals surface area contributed by atoms with Gasteiger partial charge in [-0.1, -0.05) is 18.2 Å². The molecule has 8 nitrogen and oxygen atoms in total. The molecule has 1 heterocycles. The van der Waals surface area contributed by atoms with Crippen molar-refractivity contribution in [2.45, 2.75) is 13.3 Å². The molecule has 0 bridgehead atoms. The minimum absolute atomic E-state index is 0.260. The van der Waals surface area contributed by atoms with Gasteiger partial charge in [0.15, 0.2) is 5.82 Å². The molecule has 3 rings (SSSR count). The van der Waals surface area contributed by atoms with Gasteiger partial charge in [-0.15, -0.1) is 5.10 Å². The molecule has 2 amide bonds. The van der Waals surface area contributed by atoms with Crippen LogP contribution < -0.4 is 15.4 Å². The van der Waals surface area contributed by atoms with Gasteiger partial charge in [0.05, 0.1) is 12.8 Å². The zero-order chi connectivity index (χ0) is 18.4. The van der Waals surface area contributed by atoms with Gasteiger partial charge in [0, 0.05) is 12.2 Å². The van der Waals surface area contributed by atoms with E-state index in [9.17, 15) is 4.79 Å². The molecule has 0 aliphatic heterocycles. The van der Waals surface area contributed by atoms with Crippen molar-refractivity contribution in [3.63, 3.8) is 0 Å². The number of anilines is 1. The molecule has 2 aromatic carbocycles. The quantitative estimate of drug-likeness (QED) is 0.710. The summed E-state index contributed by atoms with van der Waals surface area (Å²) in [4.78, 5) is 12.1. The van der Waals surface area contributed by atoms with Crippen molar-refractivity contribution in [2.24, 2.45) is 0 Å². The molecular weight excluding hydrogens is 332 g/mol. The zero-order valence-corrected chi connectivity index (χ0v) is 14.6. The number of hydrogen-bond donors (Lipinski definition) is 2. The number of aromatic nitrogens is 4. The summed E-state index contributed by atoms with van der Waals surface area (Å²) in [5.74, 6) is 1.49. The largest absolute Gasteiger partial charge is 0.497 e. The number of hydrogen-bond acceptors (Lipinski definition) is 5. The molecule has 8 heteroatoms. The third-order valence-corrected chi connectivity index (χ3v) is 3.83. The highest BCUT2D eigenvalue weighted by atomic mass is 16.5. The molecule has 0 saturated carbocycles. The Labute approximate surface area is 151 Å². The van der Waals surface area contributed by atoms with Gasteiger partial charge in [0.2, 0.25) is 0 Å². The number of urea groups is 1. The van der Waals surface area contributed by atoms with Gasteiger partial charge in [-0.25, -0.2) is 4.79 Å². The van der Waals surface area contributed by atoms with Crippen LogP contribution in [0.15, 0.2) is 48.5 Å². The predicted octanol–water partition coefficient (Wildman–Crippen LogP) is 2.34. The number of carbonyl (C=O) groups is 1. The second-order valence-electron chi connectivity index (χ2n) is 5.67. The van der Waals surface area contributed by atoms with Crippen molar-refractivity contribution in [1.82, 2.24) is 25.5 Å². The van der Waals surface area contributed by atoms with Gasteiger partial charge in [0.25, 0.3) is 0 Å². The molecule has 0 aliphatic rings. The Morgan fingerprint density at radius 3 is 2.69 bits per heavy atom. The number of benzene rings is 2. The Hall–Kier alpha value is -3.42. The molecule has 0 atom stereocenters. The van der Waals surface area contributed by atoms with Gasteiger partial charge >= 0.3 is 6.03 Å². The molecule has 0 aliphatic carbocycles. The summed E-state index contributed by atoms with van der Waals surface area (Å²) in [7, 11) is 1.64. The minimum Gasteiger partial charge on any atom is -0.497 e. The number of tetrazole rings is 1. The maximum atomic E-state index is 12.1. The summed E-state index contributed by atoms with van der Waals surface area (Å²) in [5.41, 5.74) is 2.57. The highest BCUT2D eigenvalue weighted by Crippen LogP contribution is 2.14. The molecule has 0 unspecified atom stereocenters. The number of aryl methyl sites for hydroxylation is 1. The number of ether oxygens (including phenoxy) is 1. The van der Waals surface area contributed by atoms with Crippen LogP contribution in [0.4, 0.5) is 10.5 Å². The fourth-order valence-electron chi connectivity index (χ4n) is 2.47.